The van der Waals surface area contributed by atoms with E-state index in [1.165, 1.54) is 6.42 Å². The maximum absolute atomic E-state index is 12.4. The van der Waals surface area contributed by atoms with E-state index >= 15 is 0 Å². The lowest BCUT2D eigenvalue weighted by Gasteiger charge is -2.64. The molecular weight excluding hydrogens is 350 g/mol. The summed E-state index contributed by atoms with van der Waals surface area (Å²) in [6, 6.07) is 0. The third kappa shape index (κ3) is 3.55. The number of rotatable bonds is 5. The van der Waals surface area contributed by atoms with E-state index in [1.54, 1.807) is 13.8 Å². The Kier molecular flexibility index (Phi) is 5.88. The SMILES string of the molecule is CC(C)C[C@H](NC(=O)C(C)(C)N)B1O[C@@H]2C[C@@H]3C[C@@H](C3(C)C)[C@]2(C)O1.Cl. The number of carbonyl (C=O) groups excluding carboxylic acids is 1. The van der Waals surface area contributed by atoms with Gasteiger partial charge in [0.05, 0.1) is 23.2 Å². The summed E-state index contributed by atoms with van der Waals surface area (Å²) in [6.07, 6.45) is 3.23. The van der Waals surface area contributed by atoms with Gasteiger partial charge in [-0.15, -0.1) is 12.4 Å². The predicted molar refractivity (Wildman–Crippen MR) is 107 cm³/mol. The van der Waals surface area contributed by atoms with Gasteiger partial charge in [0.25, 0.3) is 0 Å². The summed E-state index contributed by atoms with van der Waals surface area (Å²) in [7, 11) is -0.390. The smallest absolute Gasteiger partial charge is 0.404 e. The fraction of sp³-hybridized carbons (Fsp3) is 0.947. The van der Waals surface area contributed by atoms with Crippen LogP contribution in [-0.4, -0.2) is 36.2 Å². The molecule has 0 aromatic heterocycles. The highest BCUT2D eigenvalue weighted by molar-refractivity contribution is 6.48. The topological polar surface area (TPSA) is 73.6 Å². The van der Waals surface area contributed by atoms with Crippen molar-refractivity contribution in [2.24, 2.45) is 28.9 Å². The molecule has 0 radical (unpaired) electrons. The predicted octanol–water partition coefficient (Wildman–Crippen LogP) is 2.94. The van der Waals surface area contributed by atoms with Gasteiger partial charge in [0, 0.05) is 0 Å². The van der Waals surface area contributed by atoms with Gasteiger partial charge in [0.15, 0.2) is 0 Å². The van der Waals surface area contributed by atoms with Crippen molar-refractivity contribution < 1.29 is 14.1 Å². The standard InChI is InChI=1S/C19H35BN2O3.ClH/c1-11(2)8-15(22-16(23)18(5,6)21)20-24-14-10-12-9-13(17(12,3)4)19(14,7)25-20;/h11-15H,8-10,21H2,1-7H3,(H,22,23);1H/t12-,13-,14+,15-,19-;/m0./s1. The Balaban J connectivity index is 0.00000243. The lowest BCUT2D eigenvalue weighted by molar-refractivity contribution is -0.199. The van der Waals surface area contributed by atoms with E-state index < -0.39 is 5.54 Å². The minimum atomic E-state index is -0.909. The molecular formula is C19H36BClN2O3. The maximum Gasteiger partial charge on any atom is 0.481 e. The first kappa shape index (κ1) is 22.0. The van der Waals surface area contributed by atoms with Crippen LogP contribution in [0.5, 0.6) is 0 Å². The Morgan fingerprint density at radius 3 is 2.42 bits per heavy atom. The Morgan fingerprint density at radius 2 is 1.92 bits per heavy atom. The first-order valence-corrected chi connectivity index (χ1v) is 9.78. The lowest BCUT2D eigenvalue weighted by Crippen LogP contribution is -2.65. The summed E-state index contributed by atoms with van der Waals surface area (Å²) < 4.78 is 12.9. The maximum atomic E-state index is 12.4. The molecule has 0 aromatic rings. The molecule has 26 heavy (non-hydrogen) atoms. The number of amides is 1. The van der Waals surface area contributed by atoms with Gasteiger partial charge in [-0.25, -0.2) is 0 Å². The van der Waals surface area contributed by atoms with Crippen molar-refractivity contribution >= 4 is 25.4 Å². The number of nitrogens with one attached hydrogen (secondary N) is 1. The number of carbonyl (C=O) groups is 1. The largest absolute Gasteiger partial charge is 0.481 e. The highest BCUT2D eigenvalue weighted by Gasteiger charge is 2.68. The van der Waals surface area contributed by atoms with Crippen LogP contribution in [0.3, 0.4) is 0 Å². The Labute approximate surface area is 165 Å². The molecule has 2 bridgehead atoms. The highest BCUT2D eigenvalue weighted by Crippen LogP contribution is 2.65. The number of hydrogen-bond donors (Lipinski definition) is 2. The molecule has 0 spiro atoms. The zero-order chi connectivity index (χ0) is 18.8. The third-order valence-electron chi connectivity index (χ3n) is 6.92. The molecule has 0 unspecified atom stereocenters. The molecule has 0 aromatic carbocycles. The summed E-state index contributed by atoms with van der Waals surface area (Å²) >= 11 is 0. The van der Waals surface area contributed by atoms with Crippen LogP contribution in [-0.2, 0) is 14.1 Å². The zero-order valence-electron chi connectivity index (χ0n) is 17.3. The van der Waals surface area contributed by atoms with Crippen molar-refractivity contribution in [3.63, 3.8) is 0 Å². The van der Waals surface area contributed by atoms with E-state index in [9.17, 15) is 4.79 Å². The third-order valence-corrected chi connectivity index (χ3v) is 6.92. The molecule has 5 atom stereocenters. The molecule has 5 nitrogen and oxygen atoms in total. The molecule has 1 aliphatic heterocycles. The molecule has 150 valence electrons. The number of nitrogens with two attached hydrogens (primary N) is 1. The van der Waals surface area contributed by atoms with Crippen LogP contribution in [0.4, 0.5) is 0 Å². The Bertz CT molecular complexity index is 551. The van der Waals surface area contributed by atoms with Crippen molar-refractivity contribution in [2.75, 3.05) is 0 Å². The number of hydrogen-bond acceptors (Lipinski definition) is 4. The molecule has 1 saturated heterocycles. The van der Waals surface area contributed by atoms with Crippen LogP contribution in [0.15, 0.2) is 0 Å². The summed E-state index contributed by atoms with van der Waals surface area (Å²) in [6.45, 7) is 14.7. The molecule has 4 fully saturated rings. The van der Waals surface area contributed by atoms with Crippen molar-refractivity contribution in [1.29, 1.82) is 0 Å². The Morgan fingerprint density at radius 1 is 1.31 bits per heavy atom. The van der Waals surface area contributed by atoms with E-state index in [-0.39, 0.29) is 43.1 Å². The van der Waals surface area contributed by atoms with Crippen molar-refractivity contribution in [3.8, 4) is 0 Å². The van der Waals surface area contributed by atoms with Gasteiger partial charge in [-0.1, -0.05) is 27.7 Å². The van der Waals surface area contributed by atoms with Gasteiger partial charge in [-0.3, -0.25) is 4.79 Å². The van der Waals surface area contributed by atoms with E-state index in [0.29, 0.717) is 17.3 Å². The van der Waals surface area contributed by atoms with Crippen LogP contribution in [0.2, 0.25) is 0 Å². The van der Waals surface area contributed by atoms with Gasteiger partial charge in [0.2, 0.25) is 5.91 Å². The second-order valence-corrected chi connectivity index (χ2v) is 10.3. The lowest BCUT2D eigenvalue weighted by atomic mass is 9.43. The second-order valence-electron chi connectivity index (χ2n) is 10.3. The summed E-state index contributed by atoms with van der Waals surface area (Å²) in [5.41, 5.74) is 5.13. The summed E-state index contributed by atoms with van der Waals surface area (Å²) in [4.78, 5) is 12.4. The van der Waals surface area contributed by atoms with Gasteiger partial charge in [-0.05, 0) is 63.2 Å². The molecule has 3 aliphatic carbocycles. The van der Waals surface area contributed by atoms with Crippen LogP contribution >= 0.6 is 12.4 Å². The van der Waals surface area contributed by atoms with Crippen LogP contribution in [0.1, 0.15) is 67.7 Å². The van der Waals surface area contributed by atoms with Crippen molar-refractivity contribution in [1.82, 2.24) is 5.32 Å². The highest BCUT2D eigenvalue weighted by atomic mass is 35.5. The van der Waals surface area contributed by atoms with E-state index in [4.69, 9.17) is 15.0 Å². The quantitative estimate of drug-likeness (QED) is 0.712. The molecule has 3 N–H and O–H groups in total. The molecule has 4 aliphatic rings. The van der Waals surface area contributed by atoms with Crippen molar-refractivity contribution in [2.45, 2.75) is 90.9 Å². The molecule has 4 rings (SSSR count). The van der Waals surface area contributed by atoms with E-state index in [2.05, 4.69) is 39.9 Å². The van der Waals surface area contributed by atoms with E-state index in [0.717, 1.165) is 18.8 Å². The molecule has 3 saturated carbocycles. The monoisotopic (exact) mass is 386 g/mol. The number of halogens is 1. The fourth-order valence-electron chi connectivity index (χ4n) is 5.17. The van der Waals surface area contributed by atoms with Gasteiger partial charge in [-0.2, -0.15) is 0 Å². The van der Waals surface area contributed by atoms with Crippen molar-refractivity contribution in [3.05, 3.63) is 0 Å². The molecule has 7 heteroatoms. The molecule has 1 amide bonds. The van der Waals surface area contributed by atoms with Crippen LogP contribution in [0.25, 0.3) is 0 Å². The van der Waals surface area contributed by atoms with E-state index in [1.807, 2.05) is 0 Å². The van der Waals surface area contributed by atoms with Crippen LogP contribution < -0.4 is 11.1 Å². The Hall–Kier alpha value is -0.295. The second kappa shape index (κ2) is 6.95. The van der Waals surface area contributed by atoms with Crippen LogP contribution in [0, 0.1) is 23.2 Å². The minimum Gasteiger partial charge on any atom is -0.404 e. The normalized spacial score (nSPS) is 36.0. The minimum absolute atomic E-state index is 0. The first-order chi connectivity index (χ1) is 11.4. The zero-order valence-corrected chi connectivity index (χ0v) is 18.1. The van der Waals surface area contributed by atoms with Gasteiger partial charge >= 0.3 is 7.12 Å². The molecule has 1 heterocycles. The summed E-state index contributed by atoms with van der Waals surface area (Å²) in [5.74, 6) is 1.35. The van der Waals surface area contributed by atoms with Gasteiger partial charge < -0.3 is 20.4 Å². The summed E-state index contributed by atoms with van der Waals surface area (Å²) in [5, 5.41) is 3.09. The first-order valence-electron chi connectivity index (χ1n) is 9.78. The average Bonchev–Trinajstić information content (AvgIpc) is 2.81. The van der Waals surface area contributed by atoms with Gasteiger partial charge in [0.1, 0.15) is 0 Å². The average molecular weight is 387 g/mol. The fourth-order valence-corrected chi connectivity index (χ4v) is 5.17.